The molecule has 2 amide bonds. The molecule has 3 aromatic rings. The number of aromatic nitrogens is 2. The Kier molecular flexibility index (Phi) is 7.25. The smallest absolute Gasteiger partial charge is 0.253 e. The molecule has 2 heterocycles. The number of anilines is 1. The predicted octanol–water partition coefficient (Wildman–Crippen LogP) is 4.42. The van der Waals surface area contributed by atoms with Crippen LogP contribution < -0.4 is 10.2 Å². The van der Waals surface area contributed by atoms with Gasteiger partial charge in [-0.2, -0.15) is 4.39 Å². The van der Waals surface area contributed by atoms with Crippen LogP contribution in [0.4, 0.5) is 14.5 Å². The van der Waals surface area contributed by atoms with Gasteiger partial charge < -0.3 is 10.2 Å². The van der Waals surface area contributed by atoms with Crippen LogP contribution in [-0.2, 0) is 11.3 Å². The first-order chi connectivity index (χ1) is 15.3. The second kappa shape index (κ2) is 10.1. The van der Waals surface area contributed by atoms with Gasteiger partial charge >= 0.3 is 0 Å². The summed E-state index contributed by atoms with van der Waals surface area (Å²) in [6.45, 7) is 3.77. The summed E-state index contributed by atoms with van der Waals surface area (Å²) in [5.41, 5.74) is 2.78. The molecule has 8 heteroatoms. The van der Waals surface area contributed by atoms with Crippen LogP contribution >= 0.6 is 0 Å². The molecule has 3 rings (SSSR count). The summed E-state index contributed by atoms with van der Waals surface area (Å²) < 4.78 is 27.7. The van der Waals surface area contributed by atoms with Crippen LogP contribution in [0.2, 0.25) is 0 Å². The summed E-state index contributed by atoms with van der Waals surface area (Å²) in [5.74, 6) is -1.59. The molecule has 0 unspecified atom stereocenters. The molecule has 0 bridgehead atoms. The summed E-state index contributed by atoms with van der Waals surface area (Å²) >= 11 is 0. The zero-order valence-electron chi connectivity index (χ0n) is 18.2. The Morgan fingerprint density at radius 3 is 2.50 bits per heavy atom. The Balaban J connectivity index is 1.69. The van der Waals surface area contributed by atoms with Crippen LogP contribution in [0.15, 0.2) is 48.7 Å². The number of aryl methyl sites for hydroxylation is 1. The minimum absolute atomic E-state index is 0.153. The highest BCUT2D eigenvalue weighted by Gasteiger charge is 2.15. The molecule has 0 saturated heterocycles. The van der Waals surface area contributed by atoms with Crippen molar-refractivity contribution in [3.05, 3.63) is 77.2 Å². The number of halogens is 2. The zero-order valence-corrected chi connectivity index (χ0v) is 18.2. The lowest BCUT2D eigenvalue weighted by Crippen LogP contribution is -2.26. The molecule has 0 aliphatic rings. The molecule has 0 spiro atoms. The van der Waals surface area contributed by atoms with E-state index in [9.17, 15) is 18.4 Å². The van der Waals surface area contributed by atoms with E-state index < -0.39 is 11.8 Å². The first kappa shape index (κ1) is 23.0. The first-order valence-electron chi connectivity index (χ1n) is 10.2. The van der Waals surface area contributed by atoms with Crippen molar-refractivity contribution in [2.45, 2.75) is 33.2 Å². The molecule has 0 aliphatic heterocycles. The van der Waals surface area contributed by atoms with Gasteiger partial charge in [0.15, 0.2) is 0 Å². The average Bonchev–Trinajstić information content (AvgIpc) is 2.78. The number of amides is 2. The molecule has 32 heavy (non-hydrogen) atoms. The number of carbonyl (C=O) groups excluding carboxylic acids is 2. The van der Waals surface area contributed by atoms with E-state index in [2.05, 4.69) is 15.3 Å². The number of nitrogens with one attached hydrogen (secondary N) is 1. The summed E-state index contributed by atoms with van der Waals surface area (Å²) in [7, 11) is 1.55. The van der Waals surface area contributed by atoms with E-state index in [1.807, 2.05) is 6.92 Å². The molecular weight excluding hydrogens is 414 g/mol. The Morgan fingerprint density at radius 1 is 1.09 bits per heavy atom. The van der Waals surface area contributed by atoms with Gasteiger partial charge in [0.1, 0.15) is 5.82 Å². The third-order valence-electron chi connectivity index (χ3n) is 5.07. The lowest BCUT2D eigenvalue weighted by atomic mass is 10.1. The monoisotopic (exact) mass is 438 g/mol. The molecule has 6 nitrogen and oxygen atoms in total. The van der Waals surface area contributed by atoms with Crippen molar-refractivity contribution in [3.63, 3.8) is 0 Å². The fourth-order valence-corrected chi connectivity index (χ4v) is 3.18. The fourth-order valence-electron chi connectivity index (χ4n) is 3.18. The van der Waals surface area contributed by atoms with E-state index in [-0.39, 0.29) is 24.0 Å². The van der Waals surface area contributed by atoms with Crippen molar-refractivity contribution in [1.82, 2.24) is 15.3 Å². The number of benzene rings is 1. The van der Waals surface area contributed by atoms with E-state index in [1.54, 1.807) is 44.3 Å². The van der Waals surface area contributed by atoms with Crippen molar-refractivity contribution < 1.29 is 18.4 Å². The van der Waals surface area contributed by atoms with Gasteiger partial charge in [0.2, 0.25) is 11.9 Å². The molecule has 166 valence electrons. The van der Waals surface area contributed by atoms with Crippen LogP contribution in [0.5, 0.6) is 0 Å². The maximum atomic E-state index is 14.6. The van der Waals surface area contributed by atoms with Crippen molar-refractivity contribution in [2.24, 2.45) is 0 Å². The van der Waals surface area contributed by atoms with E-state index in [0.717, 1.165) is 0 Å². The lowest BCUT2D eigenvalue weighted by molar-refractivity contribution is -0.118. The van der Waals surface area contributed by atoms with Gasteiger partial charge in [-0.3, -0.25) is 14.6 Å². The molecule has 0 radical (unpaired) electrons. The topological polar surface area (TPSA) is 75.2 Å². The van der Waals surface area contributed by atoms with Gasteiger partial charge in [0, 0.05) is 37.5 Å². The maximum Gasteiger partial charge on any atom is 0.253 e. The highest BCUT2D eigenvalue weighted by Crippen LogP contribution is 2.25. The minimum atomic E-state index is -0.568. The van der Waals surface area contributed by atoms with E-state index >= 15 is 0 Å². The lowest BCUT2D eigenvalue weighted by Gasteiger charge is -2.18. The second-order valence-electron chi connectivity index (χ2n) is 7.36. The van der Waals surface area contributed by atoms with Crippen LogP contribution in [-0.4, -0.2) is 28.8 Å². The van der Waals surface area contributed by atoms with Gasteiger partial charge in [0.05, 0.1) is 16.9 Å². The number of pyridine rings is 2. The van der Waals surface area contributed by atoms with Gasteiger partial charge in [-0.15, -0.1) is 0 Å². The van der Waals surface area contributed by atoms with Gasteiger partial charge in [0.25, 0.3) is 5.91 Å². The summed E-state index contributed by atoms with van der Waals surface area (Å²) in [6, 6.07) is 10.6. The zero-order chi connectivity index (χ0) is 23.3. The summed E-state index contributed by atoms with van der Waals surface area (Å²) in [6.07, 6.45) is 2.44. The maximum absolute atomic E-state index is 14.6. The van der Waals surface area contributed by atoms with Crippen molar-refractivity contribution >= 4 is 17.5 Å². The Bertz CT molecular complexity index is 1130. The average molecular weight is 438 g/mol. The van der Waals surface area contributed by atoms with Gasteiger partial charge in [-0.25, -0.2) is 9.37 Å². The summed E-state index contributed by atoms with van der Waals surface area (Å²) in [5, 5.41) is 2.75. The molecule has 0 saturated carbocycles. The molecule has 0 aliphatic carbocycles. The van der Waals surface area contributed by atoms with Crippen LogP contribution in [0.25, 0.3) is 11.3 Å². The number of carbonyl (C=O) groups is 2. The van der Waals surface area contributed by atoms with Crippen molar-refractivity contribution in [1.29, 1.82) is 0 Å². The van der Waals surface area contributed by atoms with Crippen molar-refractivity contribution in [3.8, 4) is 11.3 Å². The third-order valence-corrected chi connectivity index (χ3v) is 5.07. The minimum Gasteiger partial charge on any atom is -0.348 e. The fraction of sp³-hybridized carbons (Fsp3) is 0.250. The Labute approximate surface area is 185 Å². The van der Waals surface area contributed by atoms with Crippen molar-refractivity contribution in [2.75, 3.05) is 11.9 Å². The van der Waals surface area contributed by atoms with Gasteiger partial charge in [-0.05, 0) is 49.2 Å². The molecule has 0 fully saturated rings. The molecular formula is C24H24F2N4O2. The highest BCUT2D eigenvalue weighted by atomic mass is 19.1. The molecule has 1 N–H and O–H groups in total. The van der Waals surface area contributed by atoms with E-state index in [1.165, 1.54) is 23.2 Å². The van der Waals surface area contributed by atoms with E-state index in [4.69, 9.17) is 0 Å². The van der Waals surface area contributed by atoms with Crippen LogP contribution in [0.3, 0.4) is 0 Å². The quantitative estimate of drug-likeness (QED) is 0.554. The van der Waals surface area contributed by atoms with Gasteiger partial charge in [-0.1, -0.05) is 19.1 Å². The molecule has 0 atom stereocenters. The number of hydrogen-bond acceptors (Lipinski definition) is 4. The van der Waals surface area contributed by atoms with E-state index in [0.29, 0.717) is 40.9 Å². The number of rotatable bonds is 7. The largest absolute Gasteiger partial charge is 0.348 e. The SMILES string of the molecule is CCCC(=O)N(C)c1ccc(-c2ccc(C(=O)NCc3ccc(F)nc3C)cn2)cc1F. The third kappa shape index (κ3) is 5.32. The molecule has 2 aromatic heterocycles. The van der Waals surface area contributed by atoms with Crippen LogP contribution in [0, 0.1) is 18.7 Å². The number of hydrogen-bond donors (Lipinski definition) is 1. The number of nitrogens with zero attached hydrogens (tertiary/aromatic N) is 3. The predicted molar refractivity (Wildman–Crippen MR) is 118 cm³/mol. The normalized spacial score (nSPS) is 10.7. The standard InChI is InChI=1S/C24H24F2N4O2/c1-4-5-23(31)30(3)21-10-7-16(12-19(21)25)20-9-6-18(14-27-20)24(32)28-13-17-8-11-22(26)29-15(17)2/h6-12,14H,4-5,13H2,1-3H3,(H,28,32). The van der Waals surface area contributed by atoms with Crippen LogP contribution in [0.1, 0.15) is 41.4 Å². The second-order valence-corrected chi connectivity index (χ2v) is 7.36. The highest BCUT2D eigenvalue weighted by molar-refractivity contribution is 5.94. The molecule has 1 aromatic carbocycles. The Morgan fingerprint density at radius 2 is 1.88 bits per heavy atom. The Hall–Kier alpha value is -3.68. The summed E-state index contributed by atoms with van der Waals surface area (Å²) in [4.78, 5) is 33.7. The first-order valence-corrected chi connectivity index (χ1v) is 10.2.